The van der Waals surface area contributed by atoms with E-state index in [4.69, 9.17) is 5.73 Å². The number of imidazole rings is 1. The quantitative estimate of drug-likeness (QED) is 0.312. The molecule has 3 rings (SSSR count). The number of hydrogen-bond acceptors (Lipinski definition) is 5. The summed E-state index contributed by atoms with van der Waals surface area (Å²) in [6, 6.07) is 17.3. The maximum atomic E-state index is 13.2. The van der Waals surface area contributed by atoms with Crippen LogP contribution < -0.4 is 16.4 Å². The highest BCUT2D eigenvalue weighted by atomic mass is 16.2. The molecule has 1 heterocycles. The first kappa shape index (κ1) is 29.6. The molecule has 2 aromatic carbocycles. The van der Waals surface area contributed by atoms with Gasteiger partial charge in [0.05, 0.1) is 11.9 Å². The average molecular weight is 533 g/mol. The Bertz CT molecular complexity index is 1250. The van der Waals surface area contributed by atoms with E-state index < -0.39 is 17.5 Å². The molecule has 3 amide bonds. The fraction of sp³-hybridized carbons (Fsp3) is 0.400. The zero-order valence-corrected chi connectivity index (χ0v) is 23.3. The van der Waals surface area contributed by atoms with Crippen LogP contribution in [0.15, 0.2) is 67.1 Å². The molecule has 39 heavy (non-hydrogen) atoms. The van der Waals surface area contributed by atoms with E-state index in [2.05, 4.69) is 15.6 Å². The summed E-state index contributed by atoms with van der Waals surface area (Å²) in [7, 11) is 3.51. The zero-order valence-electron chi connectivity index (χ0n) is 23.3. The minimum Gasteiger partial charge on any atom is -0.349 e. The lowest BCUT2D eigenvalue weighted by Crippen LogP contribution is -2.54. The summed E-state index contributed by atoms with van der Waals surface area (Å²) in [5, 5.41) is 5.65. The molecule has 4 N–H and O–H groups in total. The van der Waals surface area contributed by atoms with Crippen molar-refractivity contribution >= 4 is 23.5 Å². The number of hydrogen-bond donors (Lipinski definition) is 3. The molecule has 9 nitrogen and oxygen atoms in total. The van der Waals surface area contributed by atoms with Gasteiger partial charge in [-0.2, -0.15) is 0 Å². The van der Waals surface area contributed by atoms with E-state index >= 15 is 0 Å². The molecule has 0 aliphatic rings. The summed E-state index contributed by atoms with van der Waals surface area (Å²) in [5.74, 6) is -0.249. The van der Waals surface area contributed by atoms with Gasteiger partial charge in [-0.05, 0) is 56.2 Å². The van der Waals surface area contributed by atoms with Gasteiger partial charge in [-0.1, -0.05) is 54.6 Å². The van der Waals surface area contributed by atoms with Crippen LogP contribution in [0.3, 0.4) is 0 Å². The first-order valence-electron chi connectivity index (χ1n) is 13.3. The molecule has 0 aliphatic heterocycles. The van der Waals surface area contributed by atoms with Gasteiger partial charge < -0.3 is 25.8 Å². The maximum Gasteiger partial charge on any atom is 0.248 e. The summed E-state index contributed by atoms with van der Waals surface area (Å²) >= 11 is 0. The van der Waals surface area contributed by atoms with Crippen LogP contribution in [0.5, 0.6) is 0 Å². The largest absolute Gasteiger partial charge is 0.349 e. The van der Waals surface area contributed by atoms with Gasteiger partial charge in [0.15, 0.2) is 5.82 Å². The number of aryl methyl sites for hydroxylation is 2. The molecule has 1 atom stereocenters. The van der Waals surface area contributed by atoms with E-state index in [9.17, 15) is 14.4 Å². The van der Waals surface area contributed by atoms with Crippen LogP contribution in [-0.2, 0) is 33.8 Å². The first-order chi connectivity index (χ1) is 18.5. The Morgan fingerprint density at radius 2 is 1.67 bits per heavy atom. The van der Waals surface area contributed by atoms with Gasteiger partial charge in [0.25, 0.3) is 0 Å². The standard InChI is InChI=1S/C30H40N6O3/c1-30(2,31)29(39)33-25(16-10-13-22-11-6-5-7-12-22)28(38)34-26-20-36(21-32-26)19-24-15-9-8-14-23(24)17-18-27(37)35(3)4/h5-9,11-12,14-15,20-21,25H,10,13,16-19,31H2,1-4H3,(H,33,39)(H,34,38). The highest BCUT2D eigenvalue weighted by Gasteiger charge is 2.28. The Morgan fingerprint density at radius 3 is 2.33 bits per heavy atom. The fourth-order valence-electron chi connectivity index (χ4n) is 4.11. The lowest BCUT2D eigenvalue weighted by molar-refractivity contribution is -0.129. The van der Waals surface area contributed by atoms with Crippen LogP contribution in [0.25, 0.3) is 0 Å². The van der Waals surface area contributed by atoms with Crippen LogP contribution in [0.2, 0.25) is 0 Å². The molecule has 9 heteroatoms. The number of aromatic nitrogens is 2. The molecule has 0 fully saturated rings. The first-order valence-corrected chi connectivity index (χ1v) is 13.3. The van der Waals surface area contributed by atoms with E-state index in [0.29, 0.717) is 31.6 Å². The summed E-state index contributed by atoms with van der Waals surface area (Å²) in [4.78, 5) is 43.8. The van der Waals surface area contributed by atoms with Gasteiger partial charge in [0.1, 0.15) is 6.04 Å². The third-order valence-corrected chi connectivity index (χ3v) is 6.47. The molecule has 0 spiro atoms. The van der Waals surface area contributed by atoms with Crippen LogP contribution in [0.1, 0.15) is 49.8 Å². The van der Waals surface area contributed by atoms with Gasteiger partial charge >= 0.3 is 0 Å². The molecule has 0 saturated carbocycles. The number of carbonyl (C=O) groups is 3. The van der Waals surface area contributed by atoms with Crippen LogP contribution in [0, 0.1) is 0 Å². The minimum atomic E-state index is -1.11. The van der Waals surface area contributed by atoms with Crippen molar-refractivity contribution in [1.29, 1.82) is 0 Å². The minimum absolute atomic E-state index is 0.0841. The van der Waals surface area contributed by atoms with Crippen LogP contribution in [0.4, 0.5) is 5.82 Å². The molecule has 0 aliphatic carbocycles. The Hall–Kier alpha value is -3.98. The van der Waals surface area contributed by atoms with Gasteiger partial charge in [-0.3, -0.25) is 14.4 Å². The van der Waals surface area contributed by atoms with Crippen molar-refractivity contribution < 1.29 is 14.4 Å². The molecule has 208 valence electrons. The number of rotatable bonds is 13. The van der Waals surface area contributed by atoms with E-state index in [-0.39, 0.29) is 11.8 Å². The second-order valence-corrected chi connectivity index (χ2v) is 10.6. The predicted molar refractivity (Wildman–Crippen MR) is 153 cm³/mol. The number of nitrogens with two attached hydrogens (primary N) is 1. The SMILES string of the molecule is CN(C)C(=O)CCc1ccccc1Cn1cnc(NC(=O)C(CCCc2ccccc2)NC(=O)C(C)(C)N)c1. The van der Waals surface area contributed by atoms with Crippen molar-refractivity contribution in [1.82, 2.24) is 19.8 Å². The molecule has 1 aromatic heterocycles. The second-order valence-electron chi connectivity index (χ2n) is 10.6. The molecule has 0 saturated heterocycles. The number of nitrogens with one attached hydrogen (secondary N) is 2. The van der Waals surface area contributed by atoms with E-state index in [0.717, 1.165) is 24.0 Å². The van der Waals surface area contributed by atoms with Gasteiger partial charge in [0, 0.05) is 33.3 Å². The van der Waals surface area contributed by atoms with Crippen LogP contribution >= 0.6 is 0 Å². The van der Waals surface area contributed by atoms with E-state index in [1.54, 1.807) is 45.4 Å². The fourth-order valence-corrected chi connectivity index (χ4v) is 4.11. The summed E-state index contributed by atoms with van der Waals surface area (Å²) in [6.45, 7) is 3.77. The number of benzene rings is 2. The van der Waals surface area contributed by atoms with Gasteiger partial charge in [0.2, 0.25) is 17.7 Å². The number of nitrogens with zero attached hydrogens (tertiary/aromatic N) is 3. The van der Waals surface area contributed by atoms with Crippen molar-refractivity contribution in [3.05, 3.63) is 83.8 Å². The van der Waals surface area contributed by atoms with Crippen molar-refractivity contribution in [3.63, 3.8) is 0 Å². The van der Waals surface area contributed by atoms with Crippen molar-refractivity contribution in [2.24, 2.45) is 5.73 Å². The van der Waals surface area contributed by atoms with Crippen molar-refractivity contribution in [3.8, 4) is 0 Å². The normalized spacial score (nSPS) is 12.0. The van der Waals surface area contributed by atoms with Crippen LogP contribution in [-0.4, -0.2) is 57.8 Å². The Labute approximate surface area is 230 Å². The summed E-state index contributed by atoms with van der Waals surface area (Å²) < 4.78 is 1.88. The maximum absolute atomic E-state index is 13.2. The molecule has 0 bridgehead atoms. The number of anilines is 1. The number of amides is 3. The molecule has 3 aromatic rings. The van der Waals surface area contributed by atoms with Gasteiger partial charge in [-0.25, -0.2) is 4.98 Å². The second kappa shape index (κ2) is 13.7. The van der Waals surface area contributed by atoms with E-state index in [1.165, 1.54) is 5.56 Å². The van der Waals surface area contributed by atoms with Crippen molar-refractivity contribution in [2.45, 2.75) is 64.1 Å². The topological polar surface area (TPSA) is 122 Å². The molecule has 1 unspecified atom stereocenters. The third-order valence-electron chi connectivity index (χ3n) is 6.47. The smallest absolute Gasteiger partial charge is 0.248 e. The van der Waals surface area contributed by atoms with Crippen molar-refractivity contribution in [2.75, 3.05) is 19.4 Å². The summed E-state index contributed by atoms with van der Waals surface area (Å²) in [6.07, 6.45) is 6.47. The molecular weight excluding hydrogens is 492 g/mol. The van der Waals surface area contributed by atoms with E-state index in [1.807, 2.05) is 59.2 Å². The Morgan fingerprint density at radius 1 is 1.00 bits per heavy atom. The zero-order chi connectivity index (χ0) is 28.4. The lowest BCUT2D eigenvalue weighted by Gasteiger charge is -2.23. The highest BCUT2D eigenvalue weighted by molar-refractivity contribution is 5.97. The monoisotopic (exact) mass is 532 g/mol. The summed E-state index contributed by atoms with van der Waals surface area (Å²) in [5.41, 5.74) is 8.20. The number of carbonyl (C=O) groups excluding carboxylic acids is 3. The molecular formula is C30H40N6O3. The Balaban J connectivity index is 1.64. The third kappa shape index (κ3) is 9.37. The molecule has 0 radical (unpaired) electrons. The highest BCUT2D eigenvalue weighted by Crippen LogP contribution is 2.16. The average Bonchev–Trinajstić information content (AvgIpc) is 3.33. The lowest BCUT2D eigenvalue weighted by atomic mass is 10.0. The Kier molecular flexibility index (Phi) is 10.4. The van der Waals surface area contributed by atoms with Gasteiger partial charge in [-0.15, -0.1) is 0 Å². The predicted octanol–water partition coefficient (Wildman–Crippen LogP) is 3.14.